The largest absolute Gasteiger partial charge is 0.479 e. The van der Waals surface area contributed by atoms with Gasteiger partial charge in [-0.05, 0) is 37.0 Å². The summed E-state index contributed by atoms with van der Waals surface area (Å²) < 4.78 is 32.7. The van der Waals surface area contributed by atoms with Gasteiger partial charge in [-0.15, -0.1) is 0 Å². The molecule has 0 aromatic heterocycles. The van der Waals surface area contributed by atoms with Crippen molar-refractivity contribution >= 4 is 21.7 Å². The van der Waals surface area contributed by atoms with Crippen LogP contribution >= 0.6 is 0 Å². The zero-order chi connectivity index (χ0) is 16.6. The molecular weight excluding hydrogens is 320 g/mol. The van der Waals surface area contributed by atoms with Crippen LogP contribution in [0.2, 0.25) is 0 Å². The highest BCUT2D eigenvalue weighted by atomic mass is 32.2. The molecule has 2 atom stereocenters. The highest BCUT2D eigenvalue weighted by molar-refractivity contribution is 7.89. The molecule has 2 heterocycles. The highest BCUT2D eigenvalue weighted by Crippen LogP contribution is 2.29. The van der Waals surface area contributed by atoms with E-state index in [-0.39, 0.29) is 11.5 Å². The van der Waals surface area contributed by atoms with Gasteiger partial charge >= 0.3 is 5.97 Å². The molecular formula is C15H20N2O5S. The van der Waals surface area contributed by atoms with Crippen molar-refractivity contribution in [2.45, 2.75) is 36.3 Å². The number of rotatable bonds is 4. The van der Waals surface area contributed by atoms with E-state index in [1.807, 2.05) is 18.0 Å². The van der Waals surface area contributed by atoms with Gasteiger partial charge in [0.25, 0.3) is 0 Å². The topological polar surface area (TPSA) is 95.9 Å². The lowest BCUT2D eigenvalue weighted by molar-refractivity contribution is -0.147. The Kier molecular flexibility index (Phi) is 4.31. The van der Waals surface area contributed by atoms with Crippen molar-refractivity contribution in [3.05, 3.63) is 23.8 Å². The first-order chi connectivity index (χ1) is 10.9. The standard InChI is InChI=1S/C15H20N2O5S/c1-17-7-2-3-10-4-5-11(9-13(10)17)23(20,21)16-12-6-8-22-14(12)15(18)19/h4-5,9,12,14,16H,2-3,6-8H2,1H3,(H,18,19)/t12-,14+/m1/s1. The molecule has 2 aliphatic heterocycles. The highest BCUT2D eigenvalue weighted by Gasteiger charge is 2.37. The second kappa shape index (κ2) is 6.10. The lowest BCUT2D eigenvalue weighted by atomic mass is 10.0. The molecule has 1 aromatic rings. The molecule has 1 fully saturated rings. The van der Waals surface area contributed by atoms with E-state index in [1.54, 1.807) is 12.1 Å². The molecule has 7 nitrogen and oxygen atoms in total. The van der Waals surface area contributed by atoms with Gasteiger partial charge in [0.1, 0.15) is 0 Å². The van der Waals surface area contributed by atoms with E-state index in [1.165, 1.54) is 0 Å². The Balaban J connectivity index is 1.85. The van der Waals surface area contributed by atoms with Crippen molar-refractivity contribution < 1.29 is 23.1 Å². The van der Waals surface area contributed by atoms with Crippen LogP contribution in [0.15, 0.2) is 23.1 Å². The maximum Gasteiger partial charge on any atom is 0.334 e. The Bertz CT molecular complexity index is 719. The van der Waals surface area contributed by atoms with Gasteiger partial charge in [0.05, 0.1) is 10.9 Å². The molecule has 8 heteroatoms. The molecule has 23 heavy (non-hydrogen) atoms. The Morgan fingerprint density at radius 1 is 1.43 bits per heavy atom. The molecule has 0 radical (unpaired) electrons. The first-order valence-corrected chi connectivity index (χ1v) is 9.07. The minimum atomic E-state index is -3.79. The number of carboxylic acids is 1. The molecule has 0 saturated carbocycles. The maximum atomic E-state index is 12.6. The van der Waals surface area contributed by atoms with Crippen molar-refractivity contribution in [3.8, 4) is 0 Å². The average Bonchev–Trinajstić information content (AvgIpc) is 2.95. The van der Waals surface area contributed by atoms with Crippen LogP contribution in [0.5, 0.6) is 0 Å². The number of hydrogen-bond acceptors (Lipinski definition) is 5. The minimum absolute atomic E-state index is 0.154. The number of nitrogens with zero attached hydrogens (tertiary/aromatic N) is 1. The number of sulfonamides is 1. The molecule has 0 unspecified atom stereocenters. The van der Waals surface area contributed by atoms with Gasteiger partial charge in [-0.1, -0.05) is 6.07 Å². The first-order valence-electron chi connectivity index (χ1n) is 7.59. The number of nitrogens with one attached hydrogen (secondary N) is 1. The van der Waals surface area contributed by atoms with E-state index >= 15 is 0 Å². The number of ether oxygens (including phenoxy) is 1. The first kappa shape index (κ1) is 16.2. The number of carboxylic acid groups (broad SMARTS) is 1. The van der Waals surface area contributed by atoms with E-state index in [9.17, 15) is 13.2 Å². The van der Waals surface area contributed by atoms with E-state index in [0.717, 1.165) is 30.6 Å². The number of carbonyl (C=O) groups is 1. The van der Waals surface area contributed by atoms with Crippen LogP contribution in [0.4, 0.5) is 5.69 Å². The predicted octanol–water partition coefficient (Wildman–Crippen LogP) is 0.589. The molecule has 0 spiro atoms. The third-order valence-corrected chi connectivity index (χ3v) is 5.85. The molecule has 2 N–H and O–H groups in total. The summed E-state index contributed by atoms with van der Waals surface area (Å²) in [5.41, 5.74) is 2.04. The normalized spacial score (nSPS) is 24.5. The van der Waals surface area contributed by atoms with Crippen molar-refractivity contribution in [2.75, 3.05) is 25.1 Å². The second-order valence-electron chi connectivity index (χ2n) is 5.96. The summed E-state index contributed by atoms with van der Waals surface area (Å²) in [6.07, 6.45) is 1.20. The fraction of sp³-hybridized carbons (Fsp3) is 0.533. The van der Waals surface area contributed by atoms with Crippen LogP contribution in [-0.2, 0) is 26.0 Å². The molecule has 1 aromatic carbocycles. The van der Waals surface area contributed by atoms with Crippen LogP contribution in [0.3, 0.4) is 0 Å². The lowest BCUT2D eigenvalue weighted by Crippen LogP contribution is -2.44. The fourth-order valence-electron chi connectivity index (χ4n) is 3.13. The van der Waals surface area contributed by atoms with Gasteiger partial charge in [-0.25, -0.2) is 17.9 Å². The third kappa shape index (κ3) is 3.19. The SMILES string of the molecule is CN1CCCc2ccc(S(=O)(=O)N[C@@H]3CCO[C@@H]3C(=O)O)cc21. The molecule has 0 bridgehead atoms. The third-order valence-electron chi connectivity index (χ3n) is 4.36. The summed E-state index contributed by atoms with van der Waals surface area (Å²) in [5.74, 6) is -1.15. The summed E-state index contributed by atoms with van der Waals surface area (Å²) >= 11 is 0. The Morgan fingerprint density at radius 2 is 2.22 bits per heavy atom. The molecule has 2 aliphatic rings. The van der Waals surface area contributed by atoms with Gasteiger partial charge in [0, 0.05) is 25.9 Å². The zero-order valence-electron chi connectivity index (χ0n) is 12.9. The average molecular weight is 340 g/mol. The molecule has 0 amide bonds. The van der Waals surface area contributed by atoms with E-state index in [2.05, 4.69) is 4.72 Å². The molecule has 126 valence electrons. The summed E-state index contributed by atoms with van der Waals surface area (Å²) in [4.78, 5) is 13.3. The van der Waals surface area contributed by atoms with Crippen molar-refractivity contribution in [3.63, 3.8) is 0 Å². The van der Waals surface area contributed by atoms with Crippen LogP contribution in [0, 0.1) is 0 Å². The number of aliphatic carboxylic acids is 1. The quantitative estimate of drug-likeness (QED) is 0.833. The van der Waals surface area contributed by atoms with E-state index in [4.69, 9.17) is 9.84 Å². The lowest BCUT2D eigenvalue weighted by Gasteiger charge is -2.28. The van der Waals surface area contributed by atoms with Crippen molar-refractivity contribution in [1.29, 1.82) is 0 Å². The van der Waals surface area contributed by atoms with Crippen molar-refractivity contribution in [1.82, 2.24) is 4.72 Å². The fourth-order valence-corrected chi connectivity index (χ4v) is 4.42. The van der Waals surface area contributed by atoms with Crippen LogP contribution in [-0.4, -0.2) is 51.8 Å². The number of benzene rings is 1. The zero-order valence-corrected chi connectivity index (χ0v) is 13.7. The van der Waals surface area contributed by atoms with Gasteiger partial charge in [0.15, 0.2) is 6.10 Å². The Labute approximate surface area is 135 Å². The number of fused-ring (bicyclic) bond motifs is 1. The Morgan fingerprint density at radius 3 is 2.96 bits per heavy atom. The van der Waals surface area contributed by atoms with Crippen molar-refractivity contribution in [2.24, 2.45) is 0 Å². The molecule has 3 rings (SSSR count). The summed E-state index contributed by atoms with van der Waals surface area (Å²) in [5, 5.41) is 9.08. The van der Waals surface area contributed by atoms with E-state index < -0.39 is 28.1 Å². The molecule has 0 aliphatic carbocycles. The maximum absolute atomic E-state index is 12.6. The van der Waals surface area contributed by atoms with Gasteiger partial charge in [-0.3, -0.25) is 0 Å². The van der Waals surface area contributed by atoms with E-state index in [0.29, 0.717) is 6.42 Å². The van der Waals surface area contributed by atoms with Crippen LogP contribution < -0.4 is 9.62 Å². The summed E-state index contributed by atoms with van der Waals surface area (Å²) in [6.45, 7) is 1.12. The second-order valence-corrected chi connectivity index (χ2v) is 7.68. The molecule has 1 saturated heterocycles. The van der Waals surface area contributed by atoms with Gasteiger partial charge in [-0.2, -0.15) is 0 Å². The van der Waals surface area contributed by atoms with Gasteiger partial charge in [0.2, 0.25) is 10.0 Å². The minimum Gasteiger partial charge on any atom is -0.479 e. The number of aryl methyl sites for hydroxylation is 1. The summed E-state index contributed by atoms with van der Waals surface area (Å²) in [7, 11) is -1.85. The number of hydrogen-bond donors (Lipinski definition) is 2. The monoisotopic (exact) mass is 340 g/mol. The smallest absolute Gasteiger partial charge is 0.334 e. The number of anilines is 1. The van der Waals surface area contributed by atoms with Crippen LogP contribution in [0.25, 0.3) is 0 Å². The van der Waals surface area contributed by atoms with Gasteiger partial charge < -0.3 is 14.7 Å². The predicted molar refractivity (Wildman–Crippen MR) is 84.1 cm³/mol. The summed E-state index contributed by atoms with van der Waals surface area (Å²) in [6, 6.07) is 4.32. The Hall–Kier alpha value is -1.64. The van der Waals surface area contributed by atoms with Crippen LogP contribution in [0.1, 0.15) is 18.4 Å².